The van der Waals surface area contributed by atoms with Crippen molar-refractivity contribution in [3.63, 3.8) is 0 Å². The average molecular weight is 385 g/mol. The van der Waals surface area contributed by atoms with Crippen molar-refractivity contribution in [1.82, 2.24) is 0 Å². The Morgan fingerprint density at radius 1 is 0.929 bits per heavy atom. The van der Waals surface area contributed by atoms with Crippen LogP contribution in [0.1, 0.15) is 97.8 Å². The van der Waals surface area contributed by atoms with Crippen LogP contribution in [0.25, 0.3) is 0 Å². The highest BCUT2D eigenvalue weighted by atomic mass is 16.5. The molecule has 4 fully saturated rings. The summed E-state index contributed by atoms with van der Waals surface area (Å²) in [6.45, 7) is 9.86. The zero-order valence-electron chi connectivity index (χ0n) is 18.8. The molecule has 5 rings (SSSR count). The first-order valence-electron chi connectivity index (χ1n) is 12.8. The summed E-state index contributed by atoms with van der Waals surface area (Å²) in [5.41, 5.74) is 3.10. The molecule has 0 aromatic carbocycles. The predicted molar refractivity (Wildman–Crippen MR) is 117 cm³/mol. The van der Waals surface area contributed by atoms with Crippen molar-refractivity contribution in [3.05, 3.63) is 11.6 Å². The van der Waals surface area contributed by atoms with Crippen LogP contribution in [0, 0.1) is 46.3 Å². The van der Waals surface area contributed by atoms with Gasteiger partial charge < -0.3 is 4.74 Å². The van der Waals surface area contributed by atoms with Crippen LogP contribution in [-0.2, 0) is 4.74 Å². The maximum Gasteiger partial charge on any atom is 0.0516 e. The fraction of sp³-hybridized carbons (Fsp3) is 0.926. The normalized spacial score (nSPS) is 48.2. The van der Waals surface area contributed by atoms with Gasteiger partial charge >= 0.3 is 0 Å². The van der Waals surface area contributed by atoms with Gasteiger partial charge in [-0.1, -0.05) is 45.3 Å². The van der Waals surface area contributed by atoms with Crippen molar-refractivity contribution in [2.24, 2.45) is 46.3 Å². The van der Waals surface area contributed by atoms with Crippen LogP contribution in [0.4, 0.5) is 0 Å². The Morgan fingerprint density at radius 3 is 2.50 bits per heavy atom. The Kier molecular flexibility index (Phi) is 5.22. The summed E-state index contributed by atoms with van der Waals surface area (Å²) in [6.07, 6.45) is 20.4. The van der Waals surface area contributed by atoms with E-state index in [1.165, 1.54) is 77.0 Å². The summed E-state index contributed by atoms with van der Waals surface area (Å²) in [5, 5.41) is 0. The summed E-state index contributed by atoms with van der Waals surface area (Å²) in [4.78, 5) is 0. The summed E-state index contributed by atoms with van der Waals surface area (Å²) in [5.74, 6) is 5.88. The molecule has 3 saturated carbocycles. The van der Waals surface area contributed by atoms with Gasteiger partial charge in [-0.15, -0.1) is 0 Å². The number of hydrogen-bond donors (Lipinski definition) is 0. The molecule has 4 aliphatic carbocycles. The lowest BCUT2D eigenvalue weighted by molar-refractivity contribution is -0.0495. The minimum absolute atomic E-state index is 0.545. The number of hydrogen-bond acceptors (Lipinski definition) is 1. The van der Waals surface area contributed by atoms with E-state index in [4.69, 9.17) is 4.74 Å². The van der Waals surface area contributed by atoms with Gasteiger partial charge in [-0.2, -0.15) is 0 Å². The minimum atomic E-state index is 0.545. The van der Waals surface area contributed by atoms with Crippen LogP contribution < -0.4 is 0 Å². The first kappa shape index (κ1) is 19.7. The molecule has 0 radical (unpaired) electrons. The molecule has 0 aromatic heterocycles. The van der Waals surface area contributed by atoms with E-state index >= 15 is 0 Å². The van der Waals surface area contributed by atoms with Crippen LogP contribution in [0.5, 0.6) is 0 Å². The predicted octanol–water partition coefficient (Wildman–Crippen LogP) is 7.41. The number of ether oxygens (including phenoxy) is 1. The molecule has 1 heteroatoms. The summed E-state index contributed by atoms with van der Waals surface area (Å²) < 4.78 is 5.39. The molecule has 0 spiro atoms. The molecular formula is C27H44O. The van der Waals surface area contributed by atoms with Crippen LogP contribution in [0.2, 0.25) is 0 Å². The van der Waals surface area contributed by atoms with E-state index in [9.17, 15) is 0 Å². The van der Waals surface area contributed by atoms with Gasteiger partial charge in [0, 0.05) is 5.92 Å². The van der Waals surface area contributed by atoms with Gasteiger partial charge in [-0.3, -0.25) is 0 Å². The van der Waals surface area contributed by atoms with Gasteiger partial charge in [0.15, 0.2) is 0 Å². The first-order valence-corrected chi connectivity index (χ1v) is 12.8. The summed E-state index contributed by atoms with van der Waals surface area (Å²) in [7, 11) is 0. The Balaban J connectivity index is 1.29. The average Bonchev–Trinajstić information content (AvgIpc) is 2.97. The van der Waals surface area contributed by atoms with Crippen molar-refractivity contribution < 1.29 is 4.74 Å². The minimum Gasteiger partial charge on any atom is -0.381 e. The van der Waals surface area contributed by atoms with Crippen LogP contribution in [-0.4, -0.2) is 13.2 Å². The molecule has 1 saturated heterocycles. The Morgan fingerprint density at radius 2 is 1.75 bits per heavy atom. The molecule has 7 unspecified atom stereocenters. The van der Waals surface area contributed by atoms with Gasteiger partial charge in [-0.25, -0.2) is 0 Å². The second-order valence-electron chi connectivity index (χ2n) is 12.0. The van der Waals surface area contributed by atoms with E-state index in [0.717, 1.165) is 48.7 Å². The molecule has 1 heterocycles. The maximum atomic E-state index is 5.39. The highest BCUT2D eigenvalue weighted by molar-refractivity contribution is 5.25. The second kappa shape index (κ2) is 7.44. The van der Waals surface area contributed by atoms with Crippen molar-refractivity contribution in [2.75, 3.05) is 13.2 Å². The zero-order chi connectivity index (χ0) is 19.4. The SMILES string of the molecule is CCCC1CCC2C3CC=C4CC(CCC5COC5)CCC4(C)C3CCC12C. The molecule has 1 aliphatic heterocycles. The summed E-state index contributed by atoms with van der Waals surface area (Å²) in [6, 6.07) is 0. The van der Waals surface area contributed by atoms with E-state index < -0.39 is 0 Å². The van der Waals surface area contributed by atoms with E-state index in [1.807, 2.05) is 5.57 Å². The monoisotopic (exact) mass is 384 g/mol. The van der Waals surface area contributed by atoms with Crippen molar-refractivity contribution in [3.8, 4) is 0 Å². The number of allylic oxidation sites excluding steroid dienone is 2. The highest BCUT2D eigenvalue weighted by Crippen LogP contribution is 2.67. The standard InChI is InChI=1S/C27H44O/c1-4-5-21-9-11-24-23-10-8-22-16-19(6-7-20-17-28-18-20)12-14-27(22,3)25(23)13-15-26(21,24)2/h8,19-21,23-25H,4-7,9-18H2,1-3H3. The molecule has 0 bridgehead atoms. The van der Waals surface area contributed by atoms with Crippen molar-refractivity contribution >= 4 is 0 Å². The third-order valence-corrected chi connectivity index (χ3v) is 10.7. The molecule has 7 atom stereocenters. The fourth-order valence-electron chi connectivity index (χ4n) is 8.84. The molecule has 0 aromatic rings. The van der Waals surface area contributed by atoms with Gasteiger partial charge in [0.1, 0.15) is 0 Å². The Labute approximate surface area is 174 Å². The lowest BCUT2D eigenvalue weighted by atomic mass is 9.46. The largest absolute Gasteiger partial charge is 0.381 e. The van der Waals surface area contributed by atoms with E-state index in [-0.39, 0.29) is 0 Å². The third-order valence-electron chi connectivity index (χ3n) is 10.7. The molecule has 0 amide bonds. The lowest BCUT2D eigenvalue weighted by Crippen LogP contribution is -2.50. The molecular weight excluding hydrogens is 340 g/mol. The number of fused-ring (bicyclic) bond motifs is 5. The van der Waals surface area contributed by atoms with Gasteiger partial charge in [0.2, 0.25) is 0 Å². The van der Waals surface area contributed by atoms with Gasteiger partial charge in [0.05, 0.1) is 13.2 Å². The van der Waals surface area contributed by atoms with Gasteiger partial charge in [-0.05, 0) is 105 Å². The third kappa shape index (κ3) is 3.05. The fourth-order valence-corrected chi connectivity index (χ4v) is 8.84. The second-order valence-corrected chi connectivity index (χ2v) is 12.0. The maximum absolute atomic E-state index is 5.39. The Bertz CT molecular complexity index is 603. The molecule has 5 aliphatic rings. The molecule has 158 valence electrons. The smallest absolute Gasteiger partial charge is 0.0516 e. The quantitative estimate of drug-likeness (QED) is 0.448. The summed E-state index contributed by atoms with van der Waals surface area (Å²) >= 11 is 0. The molecule has 28 heavy (non-hydrogen) atoms. The van der Waals surface area contributed by atoms with E-state index in [1.54, 1.807) is 0 Å². The van der Waals surface area contributed by atoms with Crippen LogP contribution in [0.15, 0.2) is 11.6 Å². The van der Waals surface area contributed by atoms with Crippen molar-refractivity contribution in [1.29, 1.82) is 0 Å². The zero-order valence-corrected chi connectivity index (χ0v) is 18.8. The Hall–Kier alpha value is -0.300. The van der Waals surface area contributed by atoms with E-state index in [2.05, 4.69) is 26.8 Å². The van der Waals surface area contributed by atoms with Crippen molar-refractivity contribution in [2.45, 2.75) is 97.8 Å². The van der Waals surface area contributed by atoms with Gasteiger partial charge in [0.25, 0.3) is 0 Å². The van der Waals surface area contributed by atoms with Crippen LogP contribution >= 0.6 is 0 Å². The van der Waals surface area contributed by atoms with Crippen LogP contribution in [0.3, 0.4) is 0 Å². The molecule has 1 nitrogen and oxygen atoms in total. The molecule has 0 N–H and O–H groups in total. The number of rotatable bonds is 5. The first-order chi connectivity index (χ1) is 13.5. The van der Waals surface area contributed by atoms with E-state index in [0.29, 0.717) is 10.8 Å². The highest BCUT2D eigenvalue weighted by Gasteiger charge is 2.58. The topological polar surface area (TPSA) is 9.23 Å². The lowest BCUT2D eigenvalue weighted by Gasteiger charge is -2.58.